The van der Waals surface area contributed by atoms with Crippen LogP contribution < -0.4 is 20.6 Å². The Balaban J connectivity index is 2.23. The first-order chi connectivity index (χ1) is 12.0. The molecule has 0 saturated carbocycles. The van der Waals surface area contributed by atoms with Crippen LogP contribution in [0.3, 0.4) is 0 Å². The molecule has 25 heavy (non-hydrogen) atoms. The van der Waals surface area contributed by atoms with Gasteiger partial charge in [0.05, 0.1) is 16.4 Å². The fourth-order valence-electron chi connectivity index (χ4n) is 2.00. The average Bonchev–Trinajstić information content (AvgIpc) is 2.55. The van der Waals surface area contributed by atoms with E-state index in [-0.39, 0.29) is 5.11 Å². The first kappa shape index (κ1) is 19.7. The SMILES string of the molecule is CCOc1cc(/C=N\NC(N)=S)cc(I)c1OCc1ccccc1Cl. The molecule has 5 nitrogen and oxygen atoms in total. The Bertz CT molecular complexity index is 786. The van der Waals surface area contributed by atoms with E-state index in [2.05, 4.69) is 33.1 Å². The van der Waals surface area contributed by atoms with Crippen LogP contribution in [0, 0.1) is 3.57 Å². The Morgan fingerprint density at radius 2 is 2.12 bits per heavy atom. The topological polar surface area (TPSA) is 68.9 Å². The van der Waals surface area contributed by atoms with Crippen molar-refractivity contribution in [2.24, 2.45) is 10.8 Å². The highest BCUT2D eigenvalue weighted by atomic mass is 127. The summed E-state index contributed by atoms with van der Waals surface area (Å²) in [6, 6.07) is 11.3. The van der Waals surface area contributed by atoms with Crippen molar-refractivity contribution in [2.75, 3.05) is 6.61 Å². The largest absolute Gasteiger partial charge is 0.490 e. The maximum absolute atomic E-state index is 6.18. The van der Waals surface area contributed by atoms with Gasteiger partial charge in [-0.15, -0.1) is 0 Å². The number of nitrogens with zero attached hydrogens (tertiary/aromatic N) is 1. The number of hydrazone groups is 1. The van der Waals surface area contributed by atoms with Crippen LogP contribution in [-0.2, 0) is 6.61 Å². The van der Waals surface area contributed by atoms with Crippen LogP contribution in [0.2, 0.25) is 5.02 Å². The summed E-state index contributed by atoms with van der Waals surface area (Å²) in [5.74, 6) is 1.31. The van der Waals surface area contributed by atoms with Crippen molar-refractivity contribution in [3.05, 3.63) is 56.1 Å². The lowest BCUT2D eigenvalue weighted by atomic mass is 10.2. The summed E-state index contributed by atoms with van der Waals surface area (Å²) in [4.78, 5) is 0. The lowest BCUT2D eigenvalue weighted by molar-refractivity contribution is 0.267. The number of ether oxygens (including phenoxy) is 2. The minimum absolute atomic E-state index is 0.107. The normalized spacial score (nSPS) is 10.7. The number of thiocarbonyl (C=S) groups is 1. The van der Waals surface area contributed by atoms with Gasteiger partial charge in [0.15, 0.2) is 16.6 Å². The molecule has 0 aliphatic rings. The maximum Gasteiger partial charge on any atom is 0.184 e. The second-order valence-corrected chi connectivity index (χ2v) is 6.89. The molecule has 2 aromatic rings. The van der Waals surface area contributed by atoms with Gasteiger partial charge in [-0.05, 0) is 65.5 Å². The highest BCUT2D eigenvalue weighted by molar-refractivity contribution is 14.1. The molecule has 0 amide bonds. The quantitative estimate of drug-likeness (QED) is 0.265. The van der Waals surface area contributed by atoms with Crippen molar-refractivity contribution < 1.29 is 9.47 Å². The Morgan fingerprint density at radius 3 is 2.80 bits per heavy atom. The zero-order valence-electron chi connectivity index (χ0n) is 13.5. The predicted molar refractivity (Wildman–Crippen MR) is 114 cm³/mol. The lowest BCUT2D eigenvalue weighted by Crippen LogP contribution is -2.24. The first-order valence-corrected chi connectivity index (χ1v) is 9.28. The smallest absolute Gasteiger partial charge is 0.184 e. The molecule has 2 aromatic carbocycles. The third-order valence-electron chi connectivity index (χ3n) is 3.05. The van der Waals surface area contributed by atoms with Crippen LogP contribution >= 0.6 is 46.4 Å². The van der Waals surface area contributed by atoms with E-state index in [4.69, 9.17) is 39.0 Å². The van der Waals surface area contributed by atoms with Gasteiger partial charge in [0.1, 0.15) is 6.61 Å². The van der Waals surface area contributed by atoms with Gasteiger partial charge in [-0.3, -0.25) is 5.43 Å². The van der Waals surface area contributed by atoms with Gasteiger partial charge in [-0.1, -0.05) is 29.8 Å². The number of benzene rings is 2. The Kier molecular flexibility index (Phi) is 7.73. The van der Waals surface area contributed by atoms with E-state index in [1.165, 1.54) is 0 Å². The number of nitrogens with two attached hydrogens (primary N) is 1. The standard InChI is InChI=1S/C17H17ClIN3O2S/c1-2-23-15-8-11(9-21-22-17(20)25)7-14(19)16(15)24-10-12-5-3-4-6-13(12)18/h3-9H,2,10H2,1H3,(H3,20,22,25)/b21-9-. The monoisotopic (exact) mass is 489 g/mol. The summed E-state index contributed by atoms with van der Waals surface area (Å²) >= 11 is 13.1. The number of halogens is 2. The molecule has 0 aliphatic heterocycles. The molecule has 0 saturated heterocycles. The third kappa shape index (κ3) is 6.02. The predicted octanol–water partition coefficient (Wildman–Crippen LogP) is 4.09. The second-order valence-electron chi connectivity index (χ2n) is 4.88. The average molecular weight is 490 g/mol. The molecule has 132 valence electrons. The fourth-order valence-corrected chi connectivity index (χ4v) is 3.03. The molecule has 8 heteroatoms. The van der Waals surface area contributed by atoms with Crippen LogP contribution in [0.5, 0.6) is 11.5 Å². The minimum Gasteiger partial charge on any atom is -0.490 e. The molecule has 0 bridgehead atoms. The Morgan fingerprint density at radius 1 is 1.36 bits per heavy atom. The van der Waals surface area contributed by atoms with E-state index >= 15 is 0 Å². The molecule has 0 fully saturated rings. The number of hydrogen-bond donors (Lipinski definition) is 2. The second kappa shape index (κ2) is 9.79. The molecule has 3 N–H and O–H groups in total. The van der Waals surface area contributed by atoms with E-state index < -0.39 is 0 Å². The van der Waals surface area contributed by atoms with Gasteiger partial charge in [0.25, 0.3) is 0 Å². The molecular formula is C17H17ClIN3O2S. The van der Waals surface area contributed by atoms with Gasteiger partial charge in [-0.2, -0.15) is 5.10 Å². The summed E-state index contributed by atoms with van der Waals surface area (Å²) < 4.78 is 12.6. The summed E-state index contributed by atoms with van der Waals surface area (Å²) in [6.07, 6.45) is 1.61. The maximum atomic E-state index is 6.18. The molecule has 0 radical (unpaired) electrons. The first-order valence-electron chi connectivity index (χ1n) is 7.42. The summed E-state index contributed by atoms with van der Waals surface area (Å²) in [6.45, 7) is 2.79. The van der Waals surface area contributed by atoms with Crippen molar-refractivity contribution >= 4 is 57.7 Å². The van der Waals surface area contributed by atoms with Gasteiger partial charge in [0, 0.05) is 10.6 Å². The highest BCUT2D eigenvalue weighted by Gasteiger charge is 2.13. The summed E-state index contributed by atoms with van der Waals surface area (Å²) in [7, 11) is 0. The number of nitrogens with one attached hydrogen (secondary N) is 1. The van der Waals surface area contributed by atoms with Crippen LogP contribution in [0.4, 0.5) is 0 Å². The third-order valence-corrected chi connectivity index (χ3v) is 4.31. The zero-order chi connectivity index (χ0) is 18.2. The van der Waals surface area contributed by atoms with Crippen molar-refractivity contribution in [2.45, 2.75) is 13.5 Å². The lowest BCUT2D eigenvalue weighted by Gasteiger charge is -2.15. The van der Waals surface area contributed by atoms with E-state index in [9.17, 15) is 0 Å². The van der Waals surface area contributed by atoms with Crippen molar-refractivity contribution in [3.63, 3.8) is 0 Å². The number of rotatable bonds is 7. The van der Waals surface area contributed by atoms with Crippen LogP contribution in [0.25, 0.3) is 0 Å². The molecule has 0 spiro atoms. The van der Waals surface area contributed by atoms with E-state index in [1.54, 1.807) is 6.21 Å². The molecule has 2 rings (SSSR count). The zero-order valence-corrected chi connectivity index (χ0v) is 17.2. The van der Waals surface area contributed by atoms with Gasteiger partial charge in [-0.25, -0.2) is 0 Å². The molecule has 0 heterocycles. The number of hydrogen-bond acceptors (Lipinski definition) is 4. The highest BCUT2D eigenvalue weighted by Crippen LogP contribution is 2.35. The molecular weight excluding hydrogens is 473 g/mol. The summed E-state index contributed by atoms with van der Waals surface area (Å²) in [5, 5.41) is 4.74. The molecule has 0 aromatic heterocycles. The van der Waals surface area contributed by atoms with Gasteiger partial charge < -0.3 is 15.2 Å². The minimum atomic E-state index is 0.107. The molecule has 0 aliphatic carbocycles. The Hall–Kier alpha value is -1.58. The van der Waals surface area contributed by atoms with Crippen LogP contribution in [-0.4, -0.2) is 17.9 Å². The van der Waals surface area contributed by atoms with E-state index in [0.29, 0.717) is 29.7 Å². The van der Waals surface area contributed by atoms with E-state index in [0.717, 1.165) is 14.7 Å². The van der Waals surface area contributed by atoms with Gasteiger partial charge in [0.2, 0.25) is 0 Å². The van der Waals surface area contributed by atoms with Crippen molar-refractivity contribution in [1.82, 2.24) is 5.43 Å². The van der Waals surface area contributed by atoms with Crippen molar-refractivity contribution in [1.29, 1.82) is 0 Å². The van der Waals surface area contributed by atoms with Crippen LogP contribution in [0.15, 0.2) is 41.5 Å². The Labute approximate surface area is 170 Å². The molecule has 0 unspecified atom stereocenters. The summed E-state index contributed by atoms with van der Waals surface area (Å²) in [5.41, 5.74) is 9.61. The van der Waals surface area contributed by atoms with Gasteiger partial charge >= 0.3 is 0 Å². The van der Waals surface area contributed by atoms with Crippen LogP contribution in [0.1, 0.15) is 18.1 Å². The van der Waals surface area contributed by atoms with E-state index in [1.807, 2.05) is 43.3 Å². The van der Waals surface area contributed by atoms with Crippen molar-refractivity contribution in [3.8, 4) is 11.5 Å². The fraction of sp³-hybridized carbons (Fsp3) is 0.176. The molecule has 0 atom stereocenters.